The summed E-state index contributed by atoms with van der Waals surface area (Å²) in [4.78, 5) is 0. The van der Waals surface area contributed by atoms with E-state index < -0.39 is 5.79 Å². The second kappa shape index (κ2) is 7.18. The lowest BCUT2D eigenvalue weighted by molar-refractivity contribution is -0.141. The summed E-state index contributed by atoms with van der Waals surface area (Å²) < 4.78 is 17.1. The Morgan fingerprint density at radius 2 is 1.80 bits per heavy atom. The molecule has 0 aliphatic carbocycles. The molecule has 0 spiro atoms. The molecule has 2 aromatic rings. The van der Waals surface area contributed by atoms with Gasteiger partial charge in [-0.05, 0) is 68.8 Å². The molecule has 3 rings (SSSR count). The minimum Gasteiger partial charge on any atom is -0.508 e. The molecule has 1 atom stereocenters. The molecule has 1 aliphatic rings. The van der Waals surface area contributed by atoms with Crippen LogP contribution in [0.15, 0.2) is 42.5 Å². The van der Waals surface area contributed by atoms with Crippen LogP contribution in [0.3, 0.4) is 0 Å². The van der Waals surface area contributed by atoms with E-state index in [1.165, 1.54) is 0 Å². The van der Waals surface area contributed by atoms with E-state index in [1.807, 2.05) is 39.0 Å². The third kappa shape index (κ3) is 4.76. The Kier molecular flexibility index (Phi) is 4.98. The first kappa shape index (κ1) is 17.3. The maximum Gasteiger partial charge on any atom is 0.163 e. The Morgan fingerprint density at radius 3 is 2.44 bits per heavy atom. The highest BCUT2D eigenvalue weighted by Crippen LogP contribution is 2.24. The van der Waals surface area contributed by atoms with Crippen molar-refractivity contribution < 1.29 is 19.3 Å². The Bertz CT molecular complexity index is 797. The number of aromatic hydroxyl groups is 1. The topological polar surface area (TPSA) is 47.9 Å². The molecule has 1 saturated heterocycles. The molecule has 0 saturated carbocycles. The average molecular weight is 338 g/mol. The molecular weight excluding hydrogens is 316 g/mol. The van der Waals surface area contributed by atoms with Crippen molar-refractivity contribution in [3.8, 4) is 23.3 Å². The van der Waals surface area contributed by atoms with Crippen molar-refractivity contribution >= 4 is 0 Å². The van der Waals surface area contributed by atoms with Gasteiger partial charge in [0.1, 0.15) is 24.2 Å². The van der Waals surface area contributed by atoms with Gasteiger partial charge in [-0.15, -0.1) is 0 Å². The van der Waals surface area contributed by atoms with Gasteiger partial charge in [-0.25, -0.2) is 0 Å². The first-order chi connectivity index (χ1) is 11.9. The number of ether oxygens (including phenoxy) is 3. The molecule has 0 aromatic heterocycles. The third-order valence-electron chi connectivity index (χ3n) is 3.89. The van der Waals surface area contributed by atoms with E-state index in [0.29, 0.717) is 13.2 Å². The molecule has 0 radical (unpaired) electrons. The van der Waals surface area contributed by atoms with Gasteiger partial charge >= 0.3 is 0 Å². The van der Waals surface area contributed by atoms with Crippen molar-refractivity contribution in [3.63, 3.8) is 0 Å². The second-order valence-corrected chi connectivity index (χ2v) is 6.54. The molecule has 4 heteroatoms. The summed E-state index contributed by atoms with van der Waals surface area (Å²) in [6.07, 6.45) is -0.0524. The number of aryl methyl sites for hydroxylation is 1. The van der Waals surface area contributed by atoms with Gasteiger partial charge in [-0.3, -0.25) is 0 Å². The van der Waals surface area contributed by atoms with Crippen LogP contribution in [0.5, 0.6) is 11.5 Å². The third-order valence-corrected chi connectivity index (χ3v) is 3.89. The van der Waals surface area contributed by atoms with E-state index in [0.717, 1.165) is 22.4 Å². The molecule has 1 fully saturated rings. The number of phenols is 1. The number of hydrogen-bond donors (Lipinski definition) is 1. The van der Waals surface area contributed by atoms with Crippen molar-refractivity contribution in [2.75, 3.05) is 13.2 Å². The lowest BCUT2D eigenvalue weighted by Gasteiger charge is -2.17. The smallest absolute Gasteiger partial charge is 0.163 e. The van der Waals surface area contributed by atoms with Crippen LogP contribution in [0.1, 0.15) is 30.5 Å². The molecule has 0 unspecified atom stereocenters. The molecule has 2 aromatic carbocycles. The first-order valence-corrected chi connectivity index (χ1v) is 8.27. The number of benzene rings is 2. The van der Waals surface area contributed by atoms with E-state index in [4.69, 9.17) is 14.2 Å². The predicted octanol–water partition coefficient (Wildman–Crippen LogP) is 3.63. The van der Waals surface area contributed by atoms with Crippen molar-refractivity contribution in [2.24, 2.45) is 0 Å². The molecule has 0 amide bonds. The zero-order valence-electron chi connectivity index (χ0n) is 14.7. The maximum atomic E-state index is 9.29. The number of rotatable bonds is 3. The Balaban J connectivity index is 1.62. The quantitative estimate of drug-likeness (QED) is 0.868. The standard InChI is InChI=1S/C21H22O4/c1-15-12-17(5-4-16-6-9-18(22)10-7-16)8-11-20(15)23-13-19-14-24-21(2,3)25-19/h6-12,19,22H,13-14H2,1-3H3/t19-/m0/s1. The fourth-order valence-electron chi connectivity index (χ4n) is 2.61. The van der Waals surface area contributed by atoms with Gasteiger partial charge in [0, 0.05) is 11.1 Å². The van der Waals surface area contributed by atoms with E-state index in [9.17, 15) is 5.11 Å². The van der Waals surface area contributed by atoms with Gasteiger partial charge in [-0.1, -0.05) is 11.8 Å². The summed E-state index contributed by atoms with van der Waals surface area (Å²) in [5, 5.41) is 9.29. The van der Waals surface area contributed by atoms with Crippen molar-refractivity contribution in [2.45, 2.75) is 32.7 Å². The van der Waals surface area contributed by atoms with Crippen LogP contribution in [0.4, 0.5) is 0 Å². The first-order valence-electron chi connectivity index (χ1n) is 8.27. The zero-order chi connectivity index (χ0) is 17.9. The van der Waals surface area contributed by atoms with E-state index in [2.05, 4.69) is 11.8 Å². The van der Waals surface area contributed by atoms with Crippen LogP contribution in [0.2, 0.25) is 0 Å². The molecule has 1 heterocycles. The fraction of sp³-hybridized carbons (Fsp3) is 0.333. The van der Waals surface area contributed by atoms with Gasteiger partial charge < -0.3 is 19.3 Å². The van der Waals surface area contributed by atoms with Crippen LogP contribution in [0.25, 0.3) is 0 Å². The maximum absolute atomic E-state index is 9.29. The zero-order valence-corrected chi connectivity index (χ0v) is 14.7. The fourth-order valence-corrected chi connectivity index (χ4v) is 2.61. The summed E-state index contributed by atoms with van der Waals surface area (Å²) in [5.74, 6) is 6.74. The summed E-state index contributed by atoms with van der Waals surface area (Å²) in [6, 6.07) is 12.7. The molecule has 1 aliphatic heterocycles. The number of hydrogen-bond acceptors (Lipinski definition) is 4. The highest BCUT2D eigenvalue weighted by atomic mass is 16.7. The summed E-state index contributed by atoms with van der Waals surface area (Å²) in [6.45, 7) is 6.81. The number of phenolic OH excluding ortho intramolecular Hbond substituents is 1. The normalized spacial score (nSPS) is 18.4. The van der Waals surface area contributed by atoms with Gasteiger partial charge in [0.15, 0.2) is 5.79 Å². The van der Waals surface area contributed by atoms with Crippen molar-refractivity contribution in [1.29, 1.82) is 0 Å². The van der Waals surface area contributed by atoms with Crippen LogP contribution in [-0.2, 0) is 9.47 Å². The Morgan fingerprint density at radius 1 is 1.12 bits per heavy atom. The Hall–Kier alpha value is -2.48. The van der Waals surface area contributed by atoms with Crippen LogP contribution >= 0.6 is 0 Å². The SMILES string of the molecule is Cc1cc(C#Cc2ccc(O)cc2)ccc1OC[C@H]1COC(C)(C)O1. The summed E-state index contributed by atoms with van der Waals surface area (Å²) >= 11 is 0. The molecule has 0 bridgehead atoms. The predicted molar refractivity (Wildman–Crippen MR) is 95.7 cm³/mol. The molecule has 25 heavy (non-hydrogen) atoms. The van der Waals surface area contributed by atoms with Crippen LogP contribution in [0, 0.1) is 18.8 Å². The van der Waals surface area contributed by atoms with Gasteiger partial charge in [-0.2, -0.15) is 0 Å². The average Bonchev–Trinajstić information content (AvgIpc) is 2.92. The second-order valence-electron chi connectivity index (χ2n) is 6.54. The van der Waals surface area contributed by atoms with Gasteiger partial charge in [0.25, 0.3) is 0 Å². The Labute approximate surface area is 148 Å². The molecule has 4 nitrogen and oxygen atoms in total. The summed E-state index contributed by atoms with van der Waals surface area (Å²) in [7, 11) is 0. The molecular formula is C21H22O4. The highest BCUT2D eigenvalue weighted by molar-refractivity contribution is 5.47. The monoisotopic (exact) mass is 338 g/mol. The molecule has 1 N–H and O–H groups in total. The van der Waals surface area contributed by atoms with Crippen molar-refractivity contribution in [3.05, 3.63) is 59.2 Å². The van der Waals surface area contributed by atoms with Gasteiger partial charge in [0.2, 0.25) is 0 Å². The van der Waals surface area contributed by atoms with Crippen LogP contribution < -0.4 is 4.74 Å². The largest absolute Gasteiger partial charge is 0.508 e. The van der Waals surface area contributed by atoms with E-state index >= 15 is 0 Å². The lowest BCUT2D eigenvalue weighted by Crippen LogP contribution is -2.25. The summed E-state index contributed by atoms with van der Waals surface area (Å²) in [5.41, 5.74) is 2.80. The van der Waals surface area contributed by atoms with E-state index in [-0.39, 0.29) is 11.9 Å². The van der Waals surface area contributed by atoms with E-state index in [1.54, 1.807) is 24.3 Å². The van der Waals surface area contributed by atoms with Gasteiger partial charge in [0.05, 0.1) is 6.61 Å². The minimum absolute atomic E-state index is 0.0524. The van der Waals surface area contributed by atoms with Crippen LogP contribution in [-0.4, -0.2) is 30.2 Å². The minimum atomic E-state index is -0.531. The highest BCUT2D eigenvalue weighted by Gasteiger charge is 2.32. The lowest BCUT2D eigenvalue weighted by atomic mass is 10.1. The molecule has 130 valence electrons. The van der Waals surface area contributed by atoms with Crippen molar-refractivity contribution in [1.82, 2.24) is 0 Å².